The fraction of sp³-hybridized carbons (Fsp3) is 1.00. The molecule has 1 saturated carbocycles. The summed E-state index contributed by atoms with van der Waals surface area (Å²) in [6.07, 6.45) is 4.49. The monoisotopic (exact) mass is 175 g/mol. The normalized spacial score (nSPS) is 18.2. The van der Waals surface area contributed by atoms with Crippen LogP contribution in [-0.2, 0) is 0 Å². The maximum atomic E-state index is 12.1. The second-order valence-electron chi connectivity index (χ2n) is 3.39. The number of aliphatic hydroxyl groups excluding tert-OH is 1. The zero-order chi connectivity index (χ0) is 8.81. The second kappa shape index (κ2) is 5.49. The Kier molecular flexibility index (Phi) is 4.54. The third-order valence-electron chi connectivity index (χ3n) is 2.57. The van der Waals surface area contributed by atoms with Gasteiger partial charge in [0.2, 0.25) is 0 Å². The molecule has 1 aliphatic rings. The van der Waals surface area contributed by atoms with E-state index in [2.05, 4.69) is 4.90 Å². The minimum atomic E-state index is -0.262. The molecular weight excluding hydrogens is 157 g/mol. The van der Waals surface area contributed by atoms with Gasteiger partial charge in [-0.15, -0.1) is 0 Å². The van der Waals surface area contributed by atoms with Crippen LogP contribution in [0.5, 0.6) is 0 Å². The molecule has 0 atom stereocenters. The molecule has 3 heteroatoms. The molecule has 72 valence electrons. The van der Waals surface area contributed by atoms with Crippen molar-refractivity contribution in [2.24, 2.45) is 0 Å². The molecule has 1 N–H and O–H groups in total. The first-order chi connectivity index (χ1) is 5.88. The summed E-state index contributed by atoms with van der Waals surface area (Å²) in [6, 6.07) is 0.604. The van der Waals surface area contributed by atoms with E-state index < -0.39 is 0 Å². The first kappa shape index (κ1) is 9.93. The summed E-state index contributed by atoms with van der Waals surface area (Å²) in [4.78, 5) is 2.17. The van der Waals surface area contributed by atoms with Crippen molar-refractivity contribution in [3.8, 4) is 0 Å². The Morgan fingerprint density at radius 2 is 2.08 bits per heavy atom. The van der Waals surface area contributed by atoms with Crippen LogP contribution in [0.2, 0.25) is 0 Å². The summed E-state index contributed by atoms with van der Waals surface area (Å²) >= 11 is 0. The highest BCUT2D eigenvalue weighted by molar-refractivity contribution is 4.79. The SMILES string of the molecule is OCCCN(CCF)C1CCC1. The van der Waals surface area contributed by atoms with Gasteiger partial charge in [0.15, 0.2) is 0 Å². The molecule has 1 fully saturated rings. The van der Waals surface area contributed by atoms with Gasteiger partial charge in [0.25, 0.3) is 0 Å². The molecule has 0 amide bonds. The van der Waals surface area contributed by atoms with Crippen molar-refractivity contribution in [3.05, 3.63) is 0 Å². The van der Waals surface area contributed by atoms with Crippen LogP contribution >= 0.6 is 0 Å². The maximum absolute atomic E-state index is 12.1. The standard InChI is InChI=1S/C9H18FNO/c10-5-7-11(6-2-8-12)9-3-1-4-9/h9,12H,1-8H2. The molecule has 0 spiro atoms. The Morgan fingerprint density at radius 3 is 2.50 bits per heavy atom. The van der Waals surface area contributed by atoms with Crippen LogP contribution < -0.4 is 0 Å². The van der Waals surface area contributed by atoms with Gasteiger partial charge in [-0.2, -0.15) is 0 Å². The largest absolute Gasteiger partial charge is 0.396 e. The van der Waals surface area contributed by atoms with Gasteiger partial charge >= 0.3 is 0 Å². The van der Waals surface area contributed by atoms with Crippen LogP contribution in [-0.4, -0.2) is 42.4 Å². The highest BCUT2D eigenvalue weighted by Gasteiger charge is 2.23. The van der Waals surface area contributed by atoms with Crippen molar-refractivity contribution in [1.29, 1.82) is 0 Å². The number of nitrogens with zero attached hydrogens (tertiary/aromatic N) is 1. The van der Waals surface area contributed by atoms with Gasteiger partial charge in [-0.1, -0.05) is 6.42 Å². The van der Waals surface area contributed by atoms with Crippen LogP contribution in [0.1, 0.15) is 25.7 Å². The molecule has 0 unspecified atom stereocenters. The minimum absolute atomic E-state index is 0.218. The lowest BCUT2D eigenvalue weighted by Crippen LogP contribution is -2.42. The number of aliphatic hydroxyl groups is 1. The topological polar surface area (TPSA) is 23.5 Å². The molecule has 0 radical (unpaired) electrons. The van der Waals surface area contributed by atoms with Crippen molar-refractivity contribution in [2.45, 2.75) is 31.7 Å². The van der Waals surface area contributed by atoms with E-state index in [1.54, 1.807) is 0 Å². The van der Waals surface area contributed by atoms with E-state index in [0.29, 0.717) is 12.6 Å². The lowest BCUT2D eigenvalue weighted by molar-refractivity contribution is 0.109. The first-order valence-corrected chi connectivity index (χ1v) is 4.79. The Balaban J connectivity index is 2.17. The van der Waals surface area contributed by atoms with Crippen molar-refractivity contribution in [2.75, 3.05) is 26.4 Å². The quantitative estimate of drug-likeness (QED) is 0.655. The highest BCUT2D eigenvalue weighted by Crippen LogP contribution is 2.24. The third-order valence-corrected chi connectivity index (χ3v) is 2.57. The molecular formula is C9H18FNO. The summed E-state index contributed by atoms with van der Waals surface area (Å²) in [7, 11) is 0. The third kappa shape index (κ3) is 2.72. The summed E-state index contributed by atoms with van der Waals surface area (Å²) in [6.45, 7) is 1.35. The van der Waals surface area contributed by atoms with Crippen LogP contribution in [0.4, 0.5) is 4.39 Å². The van der Waals surface area contributed by atoms with Crippen LogP contribution in [0, 0.1) is 0 Å². The average molecular weight is 175 g/mol. The molecule has 0 aromatic carbocycles. The van der Waals surface area contributed by atoms with Gasteiger partial charge in [0.05, 0.1) is 0 Å². The van der Waals surface area contributed by atoms with Crippen molar-refractivity contribution in [1.82, 2.24) is 4.90 Å². The van der Waals surface area contributed by atoms with E-state index in [0.717, 1.165) is 13.0 Å². The number of halogens is 1. The molecule has 0 bridgehead atoms. The fourth-order valence-electron chi connectivity index (χ4n) is 1.61. The van der Waals surface area contributed by atoms with Crippen LogP contribution in [0.25, 0.3) is 0 Å². The number of alkyl halides is 1. The predicted octanol–water partition coefficient (Wildman–Crippen LogP) is 1.19. The second-order valence-corrected chi connectivity index (χ2v) is 3.39. The fourth-order valence-corrected chi connectivity index (χ4v) is 1.61. The summed E-state index contributed by atoms with van der Waals surface area (Å²) in [5, 5.41) is 8.64. The Labute approximate surface area is 73.4 Å². The van der Waals surface area contributed by atoms with Gasteiger partial charge in [-0.3, -0.25) is 4.90 Å². The van der Waals surface area contributed by atoms with Crippen LogP contribution in [0.15, 0.2) is 0 Å². The van der Waals surface area contributed by atoms with Gasteiger partial charge in [0.1, 0.15) is 6.67 Å². The van der Waals surface area contributed by atoms with Crippen molar-refractivity contribution < 1.29 is 9.50 Å². The molecule has 0 aliphatic heterocycles. The number of hydrogen-bond acceptors (Lipinski definition) is 2. The van der Waals surface area contributed by atoms with Gasteiger partial charge in [-0.25, -0.2) is 4.39 Å². The molecule has 0 aromatic rings. The van der Waals surface area contributed by atoms with E-state index in [-0.39, 0.29) is 13.3 Å². The van der Waals surface area contributed by atoms with Gasteiger partial charge in [0, 0.05) is 25.7 Å². The van der Waals surface area contributed by atoms with E-state index in [1.165, 1.54) is 19.3 Å². The lowest BCUT2D eigenvalue weighted by atomic mass is 9.91. The minimum Gasteiger partial charge on any atom is -0.396 e. The maximum Gasteiger partial charge on any atom is 0.102 e. The molecule has 1 aliphatic carbocycles. The highest BCUT2D eigenvalue weighted by atomic mass is 19.1. The Morgan fingerprint density at radius 1 is 1.33 bits per heavy atom. The van der Waals surface area contributed by atoms with Crippen LogP contribution in [0.3, 0.4) is 0 Å². The molecule has 0 heterocycles. The average Bonchev–Trinajstić information content (AvgIpc) is 1.97. The van der Waals surface area contributed by atoms with Crippen molar-refractivity contribution >= 4 is 0 Å². The molecule has 0 aromatic heterocycles. The van der Waals surface area contributed by atoms with E-state index >= 15 is 0 Å². The molecule has 1 rings (SSSR count). The molecule has 2 nitrogen and oxygen atoms in total. The number of hydrogen-bond donors (Lipinski definition) is 1. The first-order valence-electron chi connectivity index (χ1n) is 4.79. The summed E-state index contributed by atoms with van der Waals surface area (Å²) < 4.78 is 12.1. The summed E-state index contributed by atoms with van der Waals surface area (Å²) in [5.74, 6) is 0. The van der Waals surface area contributed by atoms with Gasteiger partial charge in [-0.05, 0) is 19.3 Å². The van der Waals surface area contributed by atoms with Crippen molar-refractivity contribution in [3.63, 3.8) is 0 Å². The zero-order valence-corrected chi connectivity index (χ0v) is 7.51. The van der Waals surface area contributed by atoms with E-state index in [1.807, 2.05) is 0 Å². The Bertz CT molecular complexity index is 117. The van der Waals surface area contributed by atoms with Gasteiger partial charge < -0.3 is 5.11 Å². The number of rotatable bonds is 6. The van der Waals surface area contributed by atoms with E-state index in [4.69, 9.17) is 5.11 Å². The molecule has 0 saturated heterocycles. The summed E-state index contributed by atoms with van der Waals surface area (Å²) in [5.41, 5.74) is 0. The lowest BCUT2D eigenvalue weighted by Gasteiger charge is -2.36. The Hall–Kier alpha value is -0.150. The zero-order valence-electron chi connectivity index (χ0n) is 7.51. The smallest absolute Gasteiger partial charge is 0.102 e. The van der Waals surface area contributed by atoms with E-state index in [9.17, 15) is 4.39 Å². The molecule has 12 heavy (non-hydrogen) atoms. The predicted molar refractivity (Wildman–Crippen MR) is 46.9 cm³/mol.